The van der Waals surface area contributed by atoms with Gasteiger partial charge in [-0.2, -0.15) is 10.2 Å². The van der Waals surface area contributed by atoms with Gasteiger partial charge in [0.15, 0.2) is 5.82 Å². The zero-order valence-electron chi connectivity index (χ0n) is 8.18. The second kappa shape index (κ2) is 3.42. The van der Waals surface area contributed by atoms with Gasteiger partial charge in [-0.1, -0.05) is 5.92 Å². The first-order valence-corrected chi connectivity index (χ1v) is 4.33. The predicted octanol–water partition coefficient (Wildman–Crippen LogP) is 0.534. The summed E-state index contributed by atoms with van der Waals surface area (Å²) >= 11 is 0. The average molecular weight is 199 g/mol. The molecule has 2 heterocycles. The molecule has 0 spiro atoms. The van der Waals surface area contributed by atoms with Crippen LogP contribution in [0, 0.1) is 19.3 Å². The van der Waals surface area contributed by atoms with Crippen LogP contribution in [0.2, 0.25) is 0 Å². The predicted molar refractivity (Wildman–Crippen MR) is 56.2 cm³/mol. The van der Waals surface area contributed by atoms with Crippen LogP contribution in [0.15, 0.2) is 18.5 Å². The number of aryl methyl sites for hydroxylation is 1. The normalized spacial score (nSPS) is 9.87. The Balaban J connectivity index is 2.67. The Hall–Kier alpha value is -2.35. The molecule has 0 unspecified atom stereocenters. The summed E-state index contributed by atoms with van der Waals surface area (Å²) in [7, 11) is 0. The van der Waals surface area contributed by atoms with Gasteiger partial charge in [0.1, 0.15) is 0 Å². The van der Waals surface area contributed by atoms with Crippen molar-refractivity contribution in [2.24, 2.45) is 0 Å². The van der Waals surface area contributed by atoms with Crippen molar-refractivity contribution in [3.8, 4) is 18.2 Å². The molecule has 0 aliphatic heterocycles. The number of nitrogens with two attached hydrogens (primary N) is 1. The van der Waals surface area contributed by atoms with E-state index in [2.05, 4.69) is 21.1 Å². The topological polar surface area (TPSA) is 69.6 Å². The fourth-order valence-corrected chi connectivity index (χ4v) is 1.19. The Kier molecular flexibility index (Phi) is 2.10. The van der Waals surface area contributed by atoms with E-state index in [4.69, 9.17) is 12.2 Å². The quantitative estimate of drug-likeness (QED) is 0.680. The Bertz CT molecular complexity index is 521. The molecule has 0 atom stereocenters. The van der Waals surface area contributed by atoms with Crippen molar-refractivity contribution >= 4 is 5.69 Å². The third-order valence-electron chi connectivity index (χ3n) is 2.00. The lowest BCUT2D eigenvalue weighted by Crippen LogP contribution is -2.07. The molecular weight excluding hydrogens is 190 g/mol. The van der Waals surface area contributed by atoms with E-state index in [1.165, 1.54) is 4.80 Å². The summed E-state index contributed by atoms with van der Waals surface area (Å²) in [6.07, 6.45) is 8.49. The lowest BCUT2D eigenvalue weighted by atomic mass is 10.2. The first-order chi connectivity index (χ1) is 7.22. The largest absolute Gasteiger partial charge is 0.397 e. The molecule has 2 N–H and O–H groups in total. The van der Waals surface area contributed by atoms with Crippen LogP contribution >= 0.6 is 0 Å². The molecule has 2 rings (SSSR count). The van der Waals surface area contributed by atoms with Crippen LogP contribution in [0.25, 0.3) is 5.82 Å². The SMILES string of the molecule is C#Cc1cc(N)c(C)nc1-n1nccn1. The average Bonchev–Trinajstić information content (AvgIpc) is 2.74. The molecule has 5 nitrogen and oxygen atoms in total. The smallest absolute Gasteiger partial charge is 0.190 e. The molecule has 0 saturated carbocycles. The molecule has 0 radical (unpaired) electrons. The second-order valence-electron chi connectivity index (χ2n) is 3.00. The maximum atomic E-state index is 5.71. The number of nitrogens with zero attached hydrogens (tertiary/aromatic N) is 4. The van der Waals surface area contributed by atoms with Crippen LogP contribution in [-0.2, 0) is 0 Å². The summed E-state index contributed by atoms with van der Waals surface area (Å²) in [4.78, 5) is 5.63. The van der Waals surface area contributed by atoms with E-state index in [0.717, 1.165) is 0 Å². The second-order valence-corrected chi connectivity index (χ2v) is 3.00. The molecule has 74 valence electrons. The lowest BCUT2D eigenvalue weighted by Gasteiger charge is -2.05. The highest BCUT2D eigenvalue weighted by molar-refractivity contribution is 5.55. The van der Waals surface area contributed by atoms with E-state index < -0.39 is 0 Å². The minimum absolute atomic E-state index is 0.522. The van der Waals surface area contributed by atoms with Gasteiger partial charge in [-0.25, -0.2) is 4.98 Å². The van der Waals surface area contributed by atoms with E-state index in [9.17, 15) is 0 Å². The van der Waals surface area contributed by atoms with Gasteiger partial charge in [0.2, 0.25) is 0 Å². The summed E-state index contributed by atoms with van der Waals surface area (Å²) < 4.78 is 0. The number of aromatic nitrogens is 4. The third kappa shape index (κ3) is 1.53. The molecule has 2 aromatic rings. The molecule has 5 heteroatoms. The van der Waals surface area contributed by atoms with Gasteiger partial charge >= 0.3 is 0 Å². The Morgan fingerprint density at radius 1 is 1.40 bits per heavy atom. The van der Waals surface area contributed by atoms with E-state index in [-0.39, 0.29) is 0 Å². The number of rotatable bonds is 1. The molecule has 0 aliphatic carbocycles. The molecule has 15 heavy (non-hydrogen) atoms. The van der Waals surface area contributed by atoms with Gasteiger partial charge in [0.05, 0.1) is 29.3 Å². The summed E-state index contributed by atoms with van der Waals surface area (Å²) in [6, 6.07) is 1.70. The zero-order valence-corrected chi connectivity index (χ0v) is 8.18. The van der Waals surface area contributed by atoms with Crippen molar-refractivity contribution in [2.75, 3.05) is 5.73 Å². The van der Waals surface area contributed by atoms with Crippen LogP contribution in [0.1, 0.15) is 11.3 Å². The minimum Gasteiger partial charge on any atom is -0.397 e. The maximum absolute atomic E-state index is 5.71. The molecule has 0 amide bonds. The molecule has 2 aromatic heterocycles. The van der Waals surface area contributed by atoms with Crippen molar-refractivity contribution < 1.29 is 0 Å². The van der Waals surface area contributed by atoms with Crippen LogP contribution in [0.3, 0.4) is 0 Å². The number of pyridine rings is 1. The molecule has 0 aliphatic rings. The number of nitrogen functional groups attached to an aromatic ring is 1. The zero-order chi connectivity index (χ0) is 10.8. The monoisotopic (exact) mass is 199 g/mol. The van der Waals surface area contributed by atoms with E-state index in [1.54, 1.807) is 18.5 Å². The first-order valence-electron chi connectivity index (χ1n) is 4.33. The summed E-state index contributed by atoms with van der Waals surface area (Å²) in [5.74, 6) is 3.03. The maximum Gasteiger partial charge on any atom is 0.190 e. The van der Waals surface area contributed by atoms with Gasteiger partial charge in [-0.05, 0) is 13.0 Å². The molecule has 0 aromatic carbocycles. The van der Waals surface area contributed by atoms with E-state index in [0.29, 0.717) is 22.8 Å². The first kappa shape index (κ1) is 9.21. The van der Waals surface area contributed by atoms with Crippen LogP contribution < -0.4 is 5.73 Å². The van der Waals surface area contributed by atoms with Crippen LogP contribution in [0.5, 0.6) is 0 Å². The van der Waals surface area contributed by atoms with Gasteiger partial charge in [-0.15, -0.1) is 11.2 Å². The standard InChI is InChI=1S/C10H9N5/c1-3-8-6-9(11)7(2)14-10(8)15-12-4-5-13-15/h1,4-6H,11H2,2H3. The number of hydrogen-bond acceptors (Lipinski definition) is 4. The van der Waals surface area contributed by atoms with Crippen LogP contribution in [0.4, 0.5) is 5.69 Å². The highest BCUT2D eigenvalue weighted by Crippen LogP contribution is 2.15. The fourth-order valence-electron chi connectivity index (χ4n) is 1.19. The van der Waals surface area contributed by atoms with Gasteiger partial charge in [-0.3, -0.25) is 0 Å². The summed E-state index contributed by atoms with van der Waals surface area (Å²) in [6.45, 7) is 1.81. The van der Waals surface area contributed by atoms with Crippen molar-refractivity contribution in [3.63, 3.8) is 0 Å². The fraction of sp³-hybridized carbons (Fsp3) is 0.100. The minimum atomic E-state index is 0.522. The Labute approximate surface area is 86.9 Å². The van der Waals surface area contributed by atoms with Crippen molar-refractivity contribution in [3.05, 3.63) is 29.7 Å². The van der Waals surface area contributed by atoms with Crippen molar-refractivity contribution in [1.29, 1.82) is 0 Å². The van der Waals surface area contributed by atoms with E-state index in [1.807, 2.05) is 6.92 Å². The Morgan fingerprint density at radius 2 is 2.07 bits per heavy atom. The number of terminal acetylenes is 1. The molecule has 0 saturated heterocycles. The Morgan fingerprint density at radius 3 is 2.67 bits per heavy atom. The highest BCUT2D eigenvalue weighted by atomic mass is 15.5. The van der Waals surface area contributed by atoms with Gasteiger partial charge in [0.25, 0.3) is 0 Å². The lowest BCUT2D eigenvalue weighted by molar-refractivity contribution is 0.725. The van der Waals surface area contributed by atoms with E-state index >= 15 is 0 Å². The number of hydrogen-bond donors (Lipinski definition) is 1. The van der Waals surface area contributed by atoms with Crippen molar-refractivity contribution in [1.82, 2.24) is 20.0 Å². The third-order valence-corrected chi connectivity index (χ3v) is 2.00. The molecule has 0 fully saturated rings. The highest BCUT2D eigenvalue weighted by Gasteiger charge is 2.08. The van der Waals surface area contributed by atoms with Crippen molar-refractivity contribution in [2.45, 2.75) is 6.92 Å². The molecular formula is C10H9N5. The van der Waals surface area contributed by atoms with Gasteiger partial charge < -0.3 is 5.73 Å². The summed E-state index contributed by atoms with van der Waals surface area (Å²) in [5, 5.41) is 7.95. The van der Waals surface area contributed by atoms with Gasteiger partial charge in [0, 0.05) is 0 Å². The molecule has 0 bridgehead atoms. The van der Waals surface area contributed by atoms with Crippen LogP contribution in [-0.4, -0.2) is 20.0 Å². The summed E-state index contributed by atoms with van der Waals surface area (Å²) in [5.41, 5.74) is 7.57. The number of anilines is 1.